The lowest BCUT2D eigenvalue weighted by molar-refractivity contribution is 0.145. The lowest BCUT2D eigenvalue weighted by atomic mass is 9.99. The average molecular weight is 470 g/mol. The molecule has 5 heterocycles. The zero-order valence-electron chi connectivity index (χ0n) is 18.2. The summed E-state index contributed by atoms with van der Waals surface area (Å²) in [7, 11) is 3.05. The van der Waals surface area contributed by atoms with Gasteiger partial charge in [0.2, 0.25) is 5.88 Å². The summed E-state index contributed by atoms with van der Waals surface area (Å²) in [4.78, 5) is 16.7. The number of aromatic nitrogens is 6. The van der Waals surface area contributed by atoms with Gasteiger partial charge in [-0.05, 0) is 12.1 Å². The van der Waals surface area contributed by atoms with Crippen molar-refractivity contribution in [2.24, 2.45) is 7.05 Å². The van der Waals surface area contributed by atoms with Crippen LogP contribution in [0.5, 0.6) is 5.88 Å². The number of hydrogen-bond donors (Lipinski definition) is 3. The van der Waals surface area contributed by atoms with E-state index in [1.54, 1.807) is 25.5 Å². The second-order valence-corrected chi connectivity index (χ2v) is 7.30. The Morgan fingerprint density at radius 2 is 2.15 bits per heavy atom. The van der Waals surface area contributed by atoms with E-state index in [-0.39, 0.29) is 17.0 Å². The first-order chi connectivity index (χ1) is 16.3. The molecule has 176 valence electrons. The molecule has 4 aromatic rings. The average Bonchev–Trinajstić information content (AvgIpc) is 3.51. The zero-order valence-corrected chi connectivity index (χ0v) is 18.2. The van der Waals surface area contributed by atoms with Crippen molar-refractivity contribution in [3.63, 3.8) is 0 Å². The third-order valence-electron chi connectivity index (χ3n) is 5.13. The standard InChI is InChI=1S/C19H15F2N7O.C2H5NO2/c1-27-9-11(12(8-22)25-27)13-10-4-2-5-23-18(10)24-15(13)14-16(17(20)21)26-28-6-3-7-29-19(14)28;1-3-2(4)5/h2,4-5,9,17H,3,6-7H2,1H3,(H,23,24);3H,1H3,(H,4,5). The highest BCUT2D eigenvalue weighted by atomic mass is 19.3. The van der Waals surface area contributed by atoms with E-state index in [2.05, 4.69) is 26.2 Å². The molecule has 0 atom stereocenters. The van der Waals surface area contributed by atoms with Crippen LogP contribution >= 0.6 is 0 Å². The van der Waals surface area contributed by atoms with Gasteiger partial charge in [-0.1, -0.05) is 0 Å². The van der Waals surface area contributed by atoms with E-state index in [0.717, 1.165) is 0 Å². The Balaban J connectivity index is 0.000000499. The van der Waals surface area contributed by atoms with Crippen LogP contribution in [0, 0.1) is 11.3 Å². The maximum Gasteiger partial charge on any atom is 0.404 e. The summed E-state index contributed by atoms with van der Waals surface area (Å²) in [6.07, 6.45) is 0.210. The van der Waals surface area contributed by atoms with Gasteiger partial charge in [0.25, 0.3) is 6.43 Å². The lowest BCUT2D eigenvalue weighted by Gasteiger charge is -2.16. The number of aromatic amines is 1. The number of carbonyl (C=O) groups is 1. The van der Waals surface area contributed by atoms with Gasteiger partial charge in [0, 0.05) is 56.0 Å². The zero-order chi connectivity index (χ0) is 24.4. The highest BCUT2D eigenvalue weighted by molar-refractivity contribution is 6.04. The summed E-state index contributed by atoms with van der Waals surface area (Å²) in [6, 6.07) is 5.65. The Bertz CT molecular complexity index is 1400. The Morgan fingerprint density at radius 1 is 1.38 bits per heavy atom. The van der Waals surface area contributed by atoms with E-state index in [1.807, 2.05) is 11.4 Å². The molecular weight excluding hydrogens is 450 g/mol. The van der Waals surface area contributed by atoms with Crippen LogP contribution in [0.1, 0.15) is 24.2 Å². The summed E-state index contributed by atoms with van der Waals surface area (Å²) in [6.45, 7) is 0.921. The fraction of sp³-hybridized carbons (Fsp3) is 0.286. The minimum atomic E-state index is -2.79. The molecule has 0 saturated carbocycles. The van der Waals surface area contributed by atoms with Crippen molar-refractivity contribution < 1.29 is 23.4 Å². The number of nitrogens with one attached hydrogen (secondary N) is 2. The molecule has 11 nitrogen and oxygen atoms in total. The van der Waals surface area contributed by atoms with Crippen molar-refractivity contribution >= 4 is 17.1 Å². The number of H-pyrrole nitrogens is 1. The first-order valence-electron chi connectivity index (χ1n) is 10.2. The minimum absolute atomic E-state index is 0.194. The van der Waals surface area contributed by atoms with Crippen molar-refractivity contribution in [1.29, 1.82) is 5.26 Å². The van der Waals surface area contributed by atoms with Crippen LogP contribution in [0.15, 0.2) is 24.5 Å². The monoisotopic (exact) mass is 470 g/mol. The van der Waals surface area contributed by atoms with Crippen molar-refractivity contribution in [2.75, 3.05) is 13.7 Å². The summed E-state index contributed by atoms with van der Waals surface area (Å²) >= 11 is 0. The molecule has 0 aromatic carbocycles. The number of amides is 1. The highest BCUT2D eigenvalue weighted by Crippen LogP contribution is 2.46. The number of nitrogens with zero attached hydrogens (tertiary/aromatic N) is 6. The normalized spacial score (nSPS) is 12.5. The fourth-order valence-corrected chi connectivity index (χ4v) is 3.78. The van der Waals surface area contributed by atoms with Crippen molar-refractivity contribution in [2.45, 2.75) is 19.4 Å². The number of aryl methyl sites for hydroxylation is 2. The second kappa shape index (κ2) is 9.18. The number of alkyl halides is 2. The van der Waals surface area contributed by atoms with Gasteiger partial charge in [0.05, 0.1) is 17.9 Å². The summed E-state index contributed by atoms with van der Waals surface area (Å²) in [5.41, 5.74) is 2.03. The number of fused-ring (bicyclic) bond motifs is 2. The molecule has 0 saturated heterocycles. The first-order valence-corrected chi connectivity index (χ1v) is 10.2. The second-order valence-electron chi connectivity index (χ2n) is 7.30. The Morgan fingerprint density at radius 3 is 2.82 bits per heavy atom. The van der Waals surface area contributed by atoms with E-state index in [1.165, 1.54) is 16.4 Å². The number of nitriles is 1. The molecule has 0 fully saturated rings. The van der Waals surface area contributed by atoms with Crippen LogP contribution in [-0.4, -0.2) is 54.4 Å². The van der Waals surface area contributed by atoms with Gasteiger partial charge in [-0.2, -0.15) is 15.5 Å². The maximum atomic E-state index is 13.9. The molecule has 0 aliphatic carbocycles. The topological polar surface area (TPSA) is 147 Å². The van der Waals surface area contributed by atoms with Crippen LogP contribution in [0.4, 0.5) is 13.6 Å². The van der Waals surface area contributed by atoms with Crippen molar-refractivity contribution in [1.82, 2.24) is 34.8 Å². The van der Waals surface area contributed by atoms with E-state index in [9.17, 15) is 18.8 Å². The van der Waals surface area contributed by atoms with E-state index in [4.69, 9.17) is 9.84 Å². The number of ether oxygens (including phenoxy) is 1. The van der Waals surface area contributed by atoms with Gasteiger partial charge in [0.15, 0.2) is 5.69 Å². The molecule has 5 rings (SSSR count). The molecule has 3 N–H and O–H groups in total. The molecule has 1 aliphatic heterocycles. The largest absolute Gasteiger partial charge is 0.477 e. The van der Waals surface area contributed by atoms with Gasteiger partial charge in [-0.3, -0.25) is 4.68 Å². The molecule has 1 aliphatic rings. The molecule has 4 aromatic heterocycles. The lowest BCUT2D eigenvalue weighted by Crippen LogP contribution is -2.15. The predicted molar refractivity (Wildman–Crippen MR) is 116 cm³/mol. The quantitative estimate of drug-likeness (QED) is 0.416. The van der Waals surface area contributed by atoms with Crippen LogP contribution < -0.4 is 10.1 Å². The smallest absolute Gasteiger partial charge is 0.404 e. The number of hydrogen-bond acceptors (Lipinski definition) is 6. The van der Waals surface area contributed by atoms with Crippen molar-refractivity contribution in [3.8, 4) is 34.3 Å². The highest BCUT2D eigenvalue weighted by Gasteiger charge is 2.32. The third kappa shape index (κ3) is 4.01. The summed E-state index contributed by atoms with van der Waals surface area (Å²) in [5.74, 6) is 0.293. The molecule has 1 amide bonds. The molecule has 0 spiro atoms. The van der Waals surface area contributed by atoms with Crippen LogP contribution in [0.3, 0.4) is 0 Å². The predicted octanol–water partition coefficient (Wildman–Crippen LogP) is 3.30. The molecule has 0 bridgehead atoms. The van der Waals surface area contributed by atoms with Gasteiger partial charge >= 0.3 is 6.09 Å². The summed E-state index contributed by atoms with van der Waals surface area (Å²) < 4.78 is 36.5. The fourth-order valence-electron chi connectivity index (χ4n) is 3.78. The number of rotatable bonds is 3. The van der Waals surface area contributed by atoms with Gasteiger partial charge in [0.1, 0.15) is 17.4 Å². The molecule has 0 unspecified atom stereocenters. The maximum absolute atomic E-state index is 13.9. The first kappa shape index (κ1) is 22.7. The number of halogens is 2. The Kier molecular flexibility index (Phi) is 6.13. The number of pyridine rings is 1. The van der Waals surface area contributed by atoms with Gasteiger partial charge in [-0.15, -0.1) is 0 Å². The Hall–Kier alpha value is -4.47. The van der Waals surface area contributed by atoms with E-state index >= 15 is 0 Å². The SMILES string of the molecule is CNC(=O)O.Cn1cc(-c2c(-c3c(C(F)F)nn4c3OCCC4)[nH]c3ncccc23)c(C#N)n1. The van der Waals surface area contributed by atoms with E-state index in [0.29, 0.717) is 53.3 Å². The summed E-state index contributed by atoms with van der Waals surface area (Å²) in [5, 5.41) is 28.1. The van der Waals surface area contributed by atoms with Crippen molar-refractivity contribution in [3.05, 3.63) is 35.9 Å². The molecule has 34 heavy (non-hydrogen) atoms. The van der Waals surface area contributed by atoms with Crippen LogP contribution in [0.2, 0.25) is 0 Å². The third-order valence-corrected chi connectivity index (χ3v) is 5.13. The Labute approximate surface area is 191 Å². The molecule has 13 heteroatoms. The van der Waals surface area contributed by atoms with E-state index < -0.39 is 12.5 Å². The minimum Gasteiger partial charge on any atom is -0.477 e. The van der Waals surface area contributed by atoms with Crippen LogP contribution in [0.25, 0.3) is 33.4 Å². The van der Waals surface area contributed by atoms with Gasteiger partial charge in [-0.25, -0.2) is 23.2 Å². The van der Waals surface area contributed by atoms with Crippen LogP contribution in [-0.2, 0) is 13.6 Å². The molecular formula is C21H20F2N8O3. The molecule has 0 radical (unpaired) electrons. The van der Waals surface area contributed by atoms with Gasteiger partial charge < -0.3 is 20.1 Å². The number of carboxylic acid groups (broad SMARTS) is 1.